The van der Waals surface area contributed by atoms with Gasteiger partial charge in [-0.2, -0.15) is 0 Å². The smallest absolute Gasteiger partial charge is 0.168 e. The van der Waals surface area contributed by atoms with Crippen molar-refractivity contribution in [3.8, 4) is 10.6 Å². The van der Waals surface area contributed by atoms with Gasteiger partial charge in [-0.3, -0.25) is 0 Å². The third-order valence-corrected chi connectivity index (χ3v) is 5.91. The summed E-state index contributed by atoms with van der Waals surface area (Å²) in [6, 6.07) is 10.1. The molecule has 0 amide bonds. The van der Waals surface area contributed by atoms with Crippen LogP contribution in [-0.4, -0.2) is 29.1 Å². The van der Waals surface area contributed by atoms with Crippen LogP contribution in [-0.2, 0) is 9.47 Å². The van der Waals surface area contributed by atoms with Crippen molar-refractivity contribution in [1.29, 1.82) is 0 Å². The SMILES string of the molecule is CCC1(CCCCCC(O)c2cnc(-c3ccccc3)s2)OCCO1. The molecule has 3 rings (SSSR count). The zero-order valence-corrected chi connectivity index (χ0v) is 15.6. The number of aliphatic hydroxyl groups is 1. The molecule has 1 unspecified atom stereocenters. The summed E-state index contributed by atoms with van der Waals surface area (Å²) in [6.45, 7) is 3.53. The minimum Gasteiger partial charge on any atom is -0.388 e. The molecule has 1 atom stereocenters. The molecule has 0 spiro atoms. The Kier molecular flexibility index (Phi) is 6.59. The number of nitrogens with zero attached hydrogens (tertiary/aromatic N) is 1. The molecule has 0 radical (unpaired) electrons. The van der Waals surface area contributed by atoms with Crippen molar-refractivity contribution in [2.24, 2.45) is 0 Å². The molecule has 1 aromatic carbocycles. The first-order valence-corrected chi connectivity index (χ1v) is 10.0. The average molecular weight is 362 g/mol. The maximum atomic E-state index is 10.4. The predicted molar refractivity (Wildman–Crippen MR) is 101 cm³/mol. The molecule has 1 aliphatic rings. The molecule has 136 valence electrons. The fraction of sp³-hybridized carbons (Fsp3) is 0.550. The minimum atomic E-state index is -0.422. The molecule has 25 heavy (non-hydrogen) atoms. The summed E-state index contributed by atoms with van der Waals surface area (Å²) in [5.74, 6) is -0.346. The normalized spacial score (nSPS) is 17.7. The summed E-state index contributed by atoms with van der Waals surface area (Å²) in [5, 5.41) is 11.4. The number of rotatable bonds is 9. The average Bonchev–Trinajstić information content (AvgIpc) is 3.32. The van der Waals surface area contributed by atoms with Crippen LogP contribution >= 0.6 is 11.3 Å². The van der Waals surface area contributed by atoms with E-state index in [1.165, 1.54) is 0 Å². The van der Waals surface area contributed by atoms with Crippen molar-refractivity contribution < 1.29 is 14.6 Å². The number of unbranched alkanes of at least 4 members (excludes halogenated alkanes) is 2. The van der Waals surface area contributed by atoms with Gasteiger partial charge in [-0.05, 0) is 19.3 Å². The summed E-state index contributed by atoms with van der Waals surface area (Å²) in [6.07, 6.45) is 7.15. The van der Waals surface area contributed by atoms with Gasteiger partial charge in [-0.15, -0.1) is 11.3 Å². The number of hydrogen-bond acceptors (Lipinski definition) is 5. The molecular weight excluding hydrogens is 334 g/mol. The van der Waals surface area contributed by atoms with Crippen LogP contribution < -0.4 is 0 Å². The largest absolute Gasteiger partial charge is 0.388 e. The second-order valence-corrected chi connectivity index (χ2v) is 7.57. The van der Waals surface area contributed by atoms with Crippen LogP contribution in [0.1, 0.15) is 56.4 Å². The van der Waals surface area contributed by atoms with E-state index in [0.29, 0.717) is 13.2 Å². The molecule has 1 fully saturated rings. The summed E-state index contributed by atoms with van der Waals surface area (Å²) in [7, 11) is 0. The first-order valence-electron chi connectivity index (χ1n) is 9.19. The van der Waals surface area contributed by atoms with E-state index in [4.69, 9.17) is 9.47 Å². The molecule has 1 aliphatic heterocycles. The molecule has 0 aliphatic carbocycles. The minimum absolute atomic E-state index is 0.346. The van der Waals surface area contributed by atoms with Gasteiger partial charge in [0.2, 0.25) is 0 Å². The zero-order chi connectivity index (χ0) is 17.5. The molecule has 1 aromatic heterocycles. The van der Waals surface area contributed by atoms with Gasteiger partial charge in [0.25, 0.3) is 0 Å². The molecule has 1 N–H and O–H groups in total. The Bertz CT molecular complexity index is 637. The summed E-state index contributed by atoms with van der Waals surface area (Å²) >= 11 is 1.58. The van der Waals surface area contributed by atoms with Gasteiger partial charge < -0.3 is 14.6 Å². The fourth-order valence-corrected chi connectivity index (χ4v) is 4.17. The van der Waals surface area contributed by atoms with Crippen LogP contribution in [0.15, 0.2) is 36.5 Å². The van der Waals surface area contributed by atoms with Crippen LogP contribution in [0.25, 0.3) is 10.6 Å². The highest BCUT2D eigenvalue weighted by atomic mass is 32.1. The van der Waals surface area contributed by atoms with Gasteiger partial charge in [-0.25, -0.2) is 4.98 Å². The van der Waals surface area contributed by atoms with Crippen LogP contribution in [0.5, 0.6) is 0 Å². The van der Waals surface area contributed by atoms with E-state index in [9.17, 15) is 5.11 Å². The number of aliphatic hydroxyl groups excluding tert-OH is 1. The highest BCUT2D eigenvalue weighted by Gasteiger charge is 2.33. The number of benzene rings is 1. The second-order valence-electron chi connectivity index (χ2n) is 6.51. The topological polar surface area (TPSA) is 51.6 Å². The first-order chi connectivity index (χ1) is 12.2. The third-order valence-electron chi connectivity index (χ3n) is 4.76. The van der Waals surface area contributed by atoms with Gasteiger partial charge in [0.15, 0.2) is 5.79 Å². The Labute approximate surface area is 153 Å². The van der Waals surface area contributed by atoms with Crippen molar-refractivity contribution in [3.63, 3.8) is 0 Å². The zero-order valence-electron chi connectivity index (χ0n) is 14.8. The lowest BCUT2D eigenvalue weighted by atomic mass is 10.0. The summed E-state index contributed by atoms with van der Waals surface area (Å²) in [5.41, 5.74) is 1.10. The lowest BCUT2D eigenvalue weighted by Crippen LogP contribution is -2.28. The lowest BCUT2D eigenvalue weighted by Gasteiger charge is -2.25. The van der Waals surface area contributed by atoms with Gasteiger partial charge in [0.1, 0.15) is 5.01 Å². The van der Waals surface area contributed by atoms with E-state index in [1.54, 1.807) is 11.3 Å². The monoisotopic (exact) mass is 361 g/mol. The standard InChI is InChI=1S/C20H27NO3S/c1-2-20(23-13-14-24-20)12-8-4-7-11-17(22)18-15-21-19(25-18)16-9-5-3-6-10-16/h3,5-6,9-10,15,17,22H,2,4,7-8,11-14H2,1H3. The molecule has 4 nitrogen and oxygen atoms in total. The number of thiazole rings is 1. The Hall–Kier alpha value is -1.27. The van der Waals surface area contributed by atoms with Crippen LogP contribution in [0.2, 0.25) is 0 Å². The number of hydrogen-bond donors (Lipinski definition) is 1. The Morgan fingerprint density at radius 1 is 1.16 bits per heavy atom. The Morgan fingerprint density at radius 3 is 2.64 bits per heavy atom. The van der Waals surface area contributed by atoms with E-state index in [2.05, 4.69) is 11.9 Å². The van der Waals surface area contributed by atoms with Gasteiger partial charge in [-0.1, -0.05) is 50.1 Å². The molecule has 1 saturated heterocycles. The fourth-order valence-electron chi connectivity index (χ4n) is 3.23. The molecule has 2 heterocycles. The molecule has 0 bridgehead atoms. The van der Waals surface area contributed by atoms with Crippen molar-refractivity contribution in [3.05, 3.63) is 41.4 Å². The Balaban J connectivity index is 1.41. The highest BCUT2D eigenvalue weighted by Crippen LogP contribution is 2.32. The van der Waals surface area contributed by atoms with Crippen molar-refractivity contribution in [2.45, 2.75) is 57.3 Å². The summed E-state index contributed by atoms with van der Waals surface area (Å²) in [4.78, 5) is 5.40. The highest BCUT2D eigenvalue weighted by molar-refractivity contribution is 7.15. The maximum absolute atomic E-state index is 10.4. The number of aromatic nitrogens is 1. The quantitative estimate of drug-likeness (QED) is 0.642. The molecule has 5 heteroatoms. The van der Waals surface area contributed by atoms with Gasteiger partial charge in [0, 0.05) is 18.2 Å². The first kappa shape index (κ1) is 18.5. The second kappa shape index (κ2) is 8.90. The lowest BCUT2D eigenvalue weighted by molar-refractivity contribution is -0.164. The summed E-state index contributed by atoms with van der Waals surface area (Å²) < 4.78 is 11.5. The van der Waals surface area contributed by atoms with Gasteiger partial charge in [0.05, 0.1) is 24.2 Å². The van der Waals surface area contributed by atoms with Crippen LogP contribution in [0.4, 0.5) is 0 Å². The predicted octanol–water partition coefficient (Wildman–Crippen LogP) is 4.95. The van der Waals surface area contributed by atoms with Crippen LogP contribution in [0, 0.1) is 0 Å². The van der Waals surface area contributed by atoms with E-state index in [-0.39, 0.29) is 5.79 Å². The van der Waals surface area contributed by atoms with Crippen molar-refractivity contribution >= 4 is 11.3 Å². The van der Waals surface area contributed by atoms with E-state index < -0.39 is 6.10 Å². The Morgan fingerprint density at radius 2 is 1.92 bits per heavy atom. The van der Waals surface area contributed by atoms with E-state index in [0.717, 1.165) is 54.0 Å². The molecule has 2 aromatic rings. The van der Waals surface area contributed by atoms with E-state index >= 15 is 0 Å². The van der Waals surface area contributed by atoms with Gasteiger partial charge >= 0.3 is 0 Å². The van der Waals surface area contributed by atoms with Crippen molar-refractivity contribution in [1.82, 2.24) is 4.98 Å². The maximum Gasteiger partial charge on any atom is 0.168 e. The third kappa shape index (κ3) is 4.88. The molecular formula is C20H27NO3S. The van der Waals surface area contributed by atoms with Crippen molar-refractivity contribution in [2.75, 3.05) is 13.2 Å². The molecule has 0 saturated carbocycles. The van der Waals surface area contributed by atoms with Crippen LogP contribution in [0.3, 0.4) is 0 Å². The number of ether oxygens (including phenoxy) is 2. The van der Waals surface area contributed by atoms with E-state index in [1.807, 2.05) is 36.5 Å².